The Bertz CT molecular complexity index is 441. The molecule has 0 saturated heterocycles. The zero-order valence-corrected chi connectivity index (χ0v) is 16.2. The fourth-order valence-electron chi connectivity index (χ4n) is 2.19. The molecule has 0 rings (SSSR count). The minimum absolute atomic E-state index is 0.250. The summed E-state index contributed by atoms with van der Waals surface area (Å²) in [7, 11) is 4.08. The van der Waals surface area contributed by atoms with Crippen molar-refractivity contribution in [3.8, 4) is 24.7 Å². The number of carbonyl (C=O) groups is 2. The van der Waals surface area contributed by atoms with Gasteiger partial charge in [0, 0.05) is 25.9 Å². The van der Waals surface area contributed by atoms with E-state index >= 15 is 0 Å². The van der Waals surface area contributed by atoms with Crippen molar-refractivity contribution in [2.45, 2.75) is 38.5 Å². The van der Waals surface area contributed by atoms with Crippen molar-refractivity contribution in [2.24, 2.45) is 0 Å². The number of unbranched alkanes of at least 4 members (excludes halogenated alkanes) is 1. The van der Waals surface area contributed by atoms with Gasteiger partial charge >= 0.3 is 11.9 Å². The highest BCUT2D eigenvalue weighted by Gasteiger charge is 2.12. The third-order valence-corrected chi connectivity index (χ3v) is 3.61. The highest BCUT2D eigenvalue weighted by atomic mass is 16.5. The van der Waals surface area contributed by atoms with Gasteiger partial charge in [-0.25, -0.2) is 0 Å². The van der Waals surface area contributed by atoms with E-state index in [4.69, 9.17) is 22.3 Å². The molecule has 0 aliphatic rings. The first-order chi connectivity index (χ1) is 12.5. The molecule has 0 aliphatic heterocycles. The molecule has 6 heteroatoms. The summed E-state index contributed by atoms with van der Waals surface area (Å²) < 4.78 is 10.1. The van der Waals surface area contributed by atoms with E-state index in [9.17, 15) is 9.59 Å². The number of hydrogen-bond acceptors (Lipinski definition) is 6. The second-order valence-corrected chi connectivity index (χ2v) is 6.20. The van der Waals surface area contributed by atoms with Crippen LogP contribution in [0.15, 0.2) is 0 Å². The van der Waals surface area contributed by atoms with Gasteiger partial charge in [0.25, 0.3) is 0 Å². The maximum Gasteiger partial charge on any atom is 0.307 e. The van der Waals surface area contributed by atoms with Crippen LogP contribution in [0, 0.1) is 24.7 Å². The molecule has 0 unspecified atom stereocenters. The molecule has 0 aromatic carbocycles. The Morgan fingerprint density at radius 3 is 1.69 bits per heavy atom. The summed E-state index contributed by atoms with van der Waals surface area (Å²) >= 11 is 0. The van der Waals surface area contributed by atoms with Gasteiger partial charge in [0.15, 0.2) is 0 Å². The monoisotopic (exact) mass is 364 g/mol. The van der Waals surface area contributed by atoms with Crippen LogP contribution >= 0.6 is 0 Å². The summed E-state index contributed by atoms with van der Waals surface area (Å²) in [5.74, 6) is 4.32. The zero-order valence-electron chi connectivity index (χ0n) is 16.2. The number of terminal acetylenes is 2. The molecule has 0 spiro atoms. The van der Waals surface area contributed by atoms with Crippen LogP contribution < -0.4 is 0 Å². The average molecular weight is 364 g/mol. The van der Waals surface area contributed by atoms with Gasteiger partial charge < -0.3 is 19.3 Å². The summed E-state index contributed by atoms with van der Waals surface area (Å²) in [5.41, 5.74) is 0. The maximum absolute atomic E-state index is 11.7. The van der Waals surface area contributed by atoms with E-state index < -0.39 is 0 Å². The standard InChI is InChI=1S/C20H32N2O4/c1-5-7-17-25-19(23)11-15-22(14-10-9-13-21(3)4)16-12-20(24)26-18-8-6-2/h1-2H,7-18H2,3-4H3. The minimum Gasteiger partial charge on any atom is -0.465 e. The lowest BCUT2D eigenvalue weighted by atomic mass is 10.2. The summed E-state index contributed by atoms with van der Waals surface area (Å²) in [6, 6.07) is 0. The molecule has 0 fully saturated rings. The van der Waals surface area contributed by atoms with Crippen molar-refractivity contribution in [1.29, 1.82) is 0 Å². The molecule has 0 saturated carbocycles. The van der Waals surface area contributed by atoms with E-state index in [1.54, 1.807) is 0 Å². The third kappa shape index (κ3) is 15.5. The maximum atomic E-state index is 11.7. The van der Waals surface area contributed by atoms with E-state index in [0.717, 1.165) is 25.9 Å². The van der Waals surface area contributed by atoms with Crippen LogP contribution in [0.3, 0.4) is 0 Å². The Labute approximate surface area is 158 Å². The van der Waals surface area contributed by atoms with Crippen molar-refractivity contribution in [3.05, 3.63) is 0 Å². The Morgan fingerprint density at radius 1 is 0.808 bits per heavy atom. The number of esters is 2. The van der Waals surface area contributed by atoms with Gasteiger partial charge in [-0.05, 0) is 40.0 Å². The molecular formula is C20H32N2O4. The van der Waals surface area contributed by atoms with Crippen molar-refractivity contribution in [1.82, 2.24) is 9.80 Å². The Morgan fingerprint density at radius 2 is 1.27 bits per heavy atom. The quantitative estimate of drug-likeness (QED) is 0.250. The van der Waals surface area contributed by atoms with Crippen molar-refractivity contribution >= 4 is 11.9 Å². The Kier molecular flexibility index (Phi) is 15.2. The van der Waals surface area contributed by atoms with Gasteiger partial charge in [-0.1, -0.05) is 0 Å². The SMILES string of the molecule is C#CCCOC(=O)CCN(CCCCN(C)C)CCC(=O)OCCC#C. The van der Waals surface area contributed by atoms with Crippen LogP contribution in [0.25, 0.3) is 0 Å². The van der Waals surface area contributed by atoms with Crippen LogP contribution in [-0.4, -0.2) is 75.2 Å². The second kappa shape index (κ2) is 16.4. The Balaban J connectivity index is 4.23. The van der Waals surface area contributed by atoms with Crippen molar-refractivity contribution in [2.75, 3.05) is 53.5 Å². The first kappa shape index (κ1) is 24.0. The zero-order chi connectivity index (χ0) is 19.6. The smallest absolute Gasteiger partial charge is 0.307 e. The predicted octanol–water partition coefficient (Wildman–Crippen LogP) is 1.54. The predicted molar refractivity (Wildman–Crippen MR) is 102 cm³/mol. The van der Waals surface area contributed by atoms with E-state index in [1.165, 1.54) is 0 Å². The lowest BCUT2D eigenvalue weighted by Gasteiger charge is -2.22. The van der Waals surface area contributed by atoms with Crippen LogP contribution in [0.4, 0.5) is 0 Å². The number of carbonyl (C=O) groups excluding carboxylic acids is 2. The molecule has 146 valence electrons. The fraction of sp³-hybridized carbons (Fsp3) is 0.700. The van der Waals surface area contributed by atoms with Crippen molar-refractivity contribution in [3.63, 3.8) is 0 Å². The number of nitrogens with zero attached hydrogens (tertiary/aromatic N) is 2. The summed E-state index contributed by atoms with van der Waals surface area (Å²) in [6.45, 7) is 3.43. The lowest BCUT2D eigenvalue weighted by Crippen LogP contribution is -2.31. The van der Waals surface area contributed by atoms with Crippen LogP contribution in [-0.2, 0) is 19.1 Å². The molecule has 0 aliphatic carbocycles. The van der Waals surface area contributed by atoms with E-state index in [0.29, 0.717) is 25.9 Å². The number of rotatable bonds is 15. The molecule has 0 radical (unpaired) electrons. The first-order valence-corrected chi connectivity index (χ1v) is 9.04. The highest BCUT2D eigenvalue weighted by molar-refractivity contribution is 5.70. The number of ether oxygens (including phenoxy) is 2. The van der Waals surface area contributed by atoms with Gasteiger partial charge in [0.2, 0.25) is 0 Å². The van der Waals surface area contributed by atoms with Crippen LogP contribution in [0.5, 0.6) is 0 Å². The molecule has 0 amide bonds. The highest BCUT2D eigenvalue weighted by Crippen LogP contribution is 2.02. The van der Waals surface area contributed by atoms with Gasteiger partial charge in [0.05, 0.1) is 12.8 Å². The average Bonchev–Trinajstić information content (AvgIpc) is 2.60. The molecule has 6 nitrogen and oxygen atoms in total. The lowest BCUT2D eigenvalue weighted by molar-refractivity contribution is -0.143. The van der Waals surface area contributed by atoms with E-state index in [1.807, 2.05) is 14.1 Å². The summed E-state index contributed by atoms with van der Waals surface area (Å²) in [6.07, 6.45) is 13.7. The normalized spacial score (nSPS) is 10.4. The molecule has 0 bridgehead atoms. The molecule has 26 heavy (non-hydrogen) atoms. The third-order valence-electron chi connectivity index (χ3n) is 3.61. The largest absolute Gasteiger partial charge is 0.465 e. The second-order valence-electron chi connectivity index (χ2n) is 6.20. The van der Waals surface area contributed by atoms with E-state index in [-0.39, 0.29) is 38.0 Å². The summed E-state index contributed by atoms with van der Waals surface area (Å²) in [4.78, 5) is 27.7. The fourth-order valence-corrected chi connectivity index (χ4v) is 2.19. The Hall–Kier alpha value is -2.02. The molecule has 0 aromatic rings. The molecule has 0 aromatic heterocycles. The van der Waals surface area contributed by atoms with Gasteiger partial charge in [0.1, 0.15) is 13.2 Å². The topological polar surface area (TPSA) is 59.1 Å². The van der Waals surface area contributed by atoms with E-state index in [2.05, 4.69) is 21.6 Å². The van der Waals surface area contributed by atoms with Gasteiger partial charge in [-0.2, -0.15) is 0 Å². The molecular weight excluding hydrogens is 332 g/mol. The molecule has 0 atom stereocenters. The minimum atomic E-state index is -0.268. The molecule has 0 heterocycles. The van der Waals surface area contributed by atoms with Crippen molar-refractivity contribution < 1.29 is 19.1 Å². The first-order valence-electron chi connectivity index (χ1n) is 9.04. The number of hydrogen-bond donors (Lipinski definition) is 0. The summed E-state index contributed by atoms with van der Waals surface area (Å²) in [5, 5.41) is 0. The van der Waals surface area contributed by atoms with Gasteiger partial charge in [-0.3, -0.25) is 9.59 Å². The van der Waals surface area contributed by atoms with Crippen LogP contribution in [0.2, 0.25) is 0 Å². The van der Waals surface area contributed by atoms with Gasteiger partial charge in [-0.15, -0.1) is 24.7 Å². The van der Waals surface area contributed by atoms with Crippen LogP contribution in [0.1, 0.15) is 38.5 Å². The molecule has 0 N–H and O–H groups in total.